The number of aromatic nitrogens is 2. The maximum Gasteiger partial charge on any atom is 0.271 e. The highest BCUT2D eigenvalue weighted by molar-refractivity contribution is 7.98. The van der Waals surface area contributed by atoms with E-state index in [-0.39, 0.29) is 11.9 Å². The molecule has 1 aromatic rings. The molecular formula is C13H22N4OS. The lowest BCUT2D eigenvalue weighted by Crippen LogP contribution is -2.33. The van der Waals surface area contributed by atoms with Gasteiger partial charge in [-0.3, -0.25) is 9.78 Å². The van der Waals surface area contributed by atoms with Crippen molar-refractivity contribution < 1.29 is 4.79 Å². The summed E-state index contributed by atoms with van der Waals surface area (Å²) in [6, 6.07) is 0.147. The molecule has 1 aromatic heterocycles. The van der Waals surface area contributed by atoms with Gasteiger partial charge in [0.2, 0.25) is 0 Å². The standard InChI is InChI=1S/C13H22N4OS/c1-4-6-15-12-9-14-8-11(17-12)13(18)16-10(2)5-7-19-3/h8-10H,4-7H2,1-3H3,(H,15,17)(H,16,18). The number of carbonyl (C=O) groups is 1. The normalized spacial score (nSPS) is 11.9. The zero-order valence-electron chi connectivity index (χ0n) is 11.8. The first-order valence-electron chi connectivity index (χ1n) is 6.53. The number of amides is 1. The number of hydrogen-bond acceptors (Lipinski definition) is 5. The molecule has 1 heterocycles. The summed E-state index contributed by atoms with van der Waals surface area (Å²) >= 11 is 1.78. The maximum absolute atomic E-state index is 12.0. The van der Waals surface area contributed by atoms with Crippen LogP contribution in [-0.4, -0.2) is 40.5 Å². The molecule has 0 saturated carbocycles. The molecule has 0 radical (unpaired) electrons. The Bertz CT molecular complexity index is 400. The monoisotopic (exact) mass is 282 g/mol. The minimum absolute atomic E-state index is 0.147. The molecule has 2 N–H and O–H groups in total. The van der Waals surface area contributed by atoms with Crippen LogP contribution >= 0.6 is 11.8 Å². The molecule has 6 heteroatoms. The highest BCUT2D eigenvalue weighted by Gasteiger charge is 2.11. The van der Waals surface area contributed by atoms with Gasteiger partial charge in [-0.15, -0.1) is 0 Å². The minimum Gasteiger partial charge on any atom is -0.369 e. The highest BCUT2D eigenvalue weighted by atomic mass is 32.2. The van der Waals surface area contributed by atoms with E-state index in [4.69, 9.17) is 0 Å². The molecule has 0 aliphatic rings. The topological polar surface area (TPSA) is 66.9 Å². The van der Waals surface area contributed by atoms with E-state index in [1.54, 1.807) is 18.0 Å². The summed E-state index contributed by atoms with van der Waals surface area (Å²) in [5.41, 5.74) is 0.358. The van der Waals surface area contributed by atoms with Crippen molar-refractivity contribution in [3.8, 4) is 0 Å². The molecule has 0 aliphatic heterocycles. The predicted molar refractivity (Wildman–Crippen MR) is 80.7 cm³/mol. The smallest absolute Gasteiger partial charge is 0.271 e. The molecule has 0 aliphatic carbocycles. The van der Waals surface area contributed by atoms with Crippen LogP contribution in [0.1, 0.15) is 37.2 Å². The number of hydrogen-bond donors (Lipinski definition) is 2. The van der Waals surface area contributed by atoms with Crippen LogP contribution in [0.15, 0.2) is 12.4 Å². The molecule has 0 aromatic carbocycles. The quantitative estimate of drug-likeness (QED) is 0.765. The first-order valence-corrected chi connectivity index (χ1v) is 7.92. The van der Waals surface area contributed by atoms with Gasteiger partial charge in [-0.2, -0.15) is 11.8 Å². The van der Waals surface area contributed by atoms with Gasteiger partial charge in [-0.05, 0) is 31.8 Å². The van der Waals surface area contributed by atoms with E-state index in [1.807, 2.05) is 6.92 Å². The lowest BCUT2D eigenvalue weighted by atomic mass is 10.2. The van der Waals surface area contributed by atoms with Crippen LogP contribution in [0.4, 0.5) is 5.82 Å². The fourth-order valence-corrected chi connectivity index (χ4v) is 2.07. The van der Waals surface area contributed by atoms with E-state index in [0.717, 1.165) is 25.1 Å². The third-order valence-corrected chi connectivity index (χ3v) is 3.20. The van der Waals surface area contributed by atoms with E-state index in [1.165, 1.54) is 6.20 Å². The van der Waals surface area contributed by atoms with Crippen LogP contribution in [0, 0.1) is 0 Å². The first-order chi connectivity index (χ1) is 9.17. The Kier molecular flexibility index (Phi) is 7.25. The van der Waals surface area contributed by atoms with Crippen LogP contribution in [-0.2, 0) is 0 Å². The summed E-state index contributed by atoms with van der Waals surface area (Å²) in [5.74, 6) is 1.51. The fraction of sp³-hybridized carbons (Fsp3) is 0.615. The van der Waals surface area contributed by atoms with Gasteiger partial charge >= 0.3 is 0 Å². The third kappa shape index (κ3) is 5.92. The number of rotatable bonds is 8. The fourth-order valence-electron chi connectivity index (χ4n) is 1.48. The van der Waals surface area contributed by atoms with Crippen molar-refractivity contribution in [3.05, 3.63) is 18.1 Å². The van der Waals surface area contributed by atoms with E-state index < -0.39 is 0 Å². The molecule has 1 rings (SSSR count). The van der Waals surface area contributed by atoms with Gasteiger partial charge in [0.25, 0.3) is 5.91 Å². The number of nitrogens with one attached hydrogen (secondary N) is 2. The Hall–Kier alpha value is -1.30. The molecule has 0 fully saturated rings. The lowest BCUT2D eigenvalue weighted by Gasteiger charge is -2.13. The zero-order chi connectivity index (χ0) is 14.1. The predicted octanol–water partition coefficient (Wildman–Crippen LogP) is 2.17. The van der Waals surface area contributed by atoms with Crippen LogP contribution in [0.25, 0.3) is 0 Å². The highest BCUT2D eigenvalue weighted by Crippen LogP contribution is 2.04. The van der Waals surface area contributed by atoms with Gasteiger partial charge in [0.15, 0.2) is 0 Å². The second kappa shape index (κ2) is 8.74. The largest absolute Gasteiger partial charge is 0.369 e. The number of thioether (sulfide) groups is 1. The van der Waals surface area contributed by atoms with Gasteiger partial charge in [0, 0.05) is 12.6 Å². The molecule has 19 heavy (non-hydrogen) atoms. The Labute approximate surface area is 119 Å². The van der Waals surface area contributed by atoms with Crippen molar-refractivity contribution in [2.24, 2.45) is 0 Å². The number of carbonyl (C=O) groups excluding carboxylic acids is 1. The molecule has 0 bridgehead atoms. The zero-order valence-corrected chi connectivity index (χ0v) is 12.6. The van der Waals surface area contributed by atoms with E-state index in [9.17, 15) is 4.79 Å². The third-order valence-electron chi connectivity index (χ3n) is 2.56. The summed E-state index contributed by atoms with van der Waals surface area (Å²) in [7, 11) is 0. The second-order valence-corrected chi connectivity index (χ2v) is 5.36. The Morgan fingerprint density at radius 2 is 2.26 bits per heavy atom. The Morgan fingerprint density at radius 1 is 1.47 bits per heavy atom. The van der Waals surface area contributed by atoms with Crippen LogP contribution in [0.5, 0.6) is 0 Å². The maximum atomic E-state index is 12.0. The van der Waals surface area contributed by atoms with E-state index in [0.29, 0.717) is 11.5 Å². The lowest BCUT2D eigenvalue weighted by molar-refractivity contribution is 0.0934. The molecule has 106 valence electrons. The summed E-state index contributed by atoms with van der Waals surface area (Å²) < 4.78 is 0. The van der Waals surface area contributed by atoms with Crippen molar-refractivity contribution in [2.75, 3.05) is 23.9 Å². The first kappa shape index (κ1) is 15.8. The SMILES string of the molecule is CCCNc1cncc(C(=O)NC(C)CCSC)n1. The summed E-state index contributed by atoms with van der Waals surface area (Å²) in [6.07, 6.45) is 7.14. The van der Waals surface area contributed by atoms with Gasteiger partial charge < -0.3 is 10.6 Å². The second-order valence-electron chi connectivity index (χ2n) is 4.37. The average molecular weight is 282 g/mol. The number of anilines is 1. The van der Waals surface area contributed by atoms with E-state index in [2.05, 4.69) is 33.8 Å². The molecular weight excluding hydrogens is 260 g/mol. The van der Waals surface area contributed by atoms with Gasteiger partial charge in [-0.1, -0.05) is 6.92 Å². The minimum atomic E-state index is -0.166. The van der Waals surface area contributed by atoms with Crippen molar-refractivity contribution in [3.63, 3.8) is 0 Å². The van der Waals surface area contributed by atoms with Crippen molar-refractivity contribution in [1.82, 2.24) is 15.3 Å². The van der Waals surface area contributed by atoms with Gasteiger partial charge in [-0.25, -0.2) is 4.98 Å². The van der Waals surface area contributed by atoms with Crippen LogP contribution < -0.4 is 10.6 Å². The number of nitrogens with zero attached hydrogens (tertiary/aromatic N) is 2. The molecule has 1 unspecified atom stereocenters. The van der Waals surface area contributed by atoms with E-state index >= 15 is 0 Å². The Balaban J connectivity index is 2.56. The summed E-state index contributed by atoms with van der Waals surface area (Å²) in [6.45, 7) is 4.90. The van der Waals surface area contributed by atoms with Gasteiger partial charge in [0.1, 0.15) is 11.5 Å². The van der Waals surface area contributed by atoms with Gasteiger partial charge in [0.05, 0.1) is 12.4 Å². The summed E-state index contributed by atoms with van der Waals surface area (Å²) in [5, 5.41) is 6.05. The molecule has 5 nitrogen and oxygen atoms in total. The molecule has 1 amide bonds. The molecule has 0 spiro atoms. The van der Waals surface area contributed by atoms with Crippen LogP contribution in [0.2, 0.25) is 0 Å². The Morgan fingerprint density at radius 3 is 2.95 bits per heavy atom. The van der Waals surface area contributed by atoms with Crippen molar-refractivity contribution in [1.29, 1.82) is 0 Å². The molecule has 0 saturated heterocycles. The average Bonchev–Trinajstić information content (AvgIpc) is 2.43. The molecule has 1 atom stereocenters. The summed E-state index contributed by atoms with van der Waals surface area (Å²) in [4.78, 5) is 20.3. The van der Waals surface area contributed by atoms with Crippen molar-refractivity contribution >= 4 is 23.5 Å². The van der Waals surface area contributed by atoms with Crippen LogP contribution in [0.3, 0.4) is 0 Å². The van der Waals surface area contributed by atoms with Crippen molar-refractivity contribution in [2.45, 2.75) is 32.7 Å².